The number of hydrogen-bond donors (Lipinski definition) is 3. The van der Waals surface area contributed by atoms with Crippen LogP contribution >= 0.6 is 0 Å². The van der Waals surface area contributed by atoms with Gasteiger partial charge in [-0.1, -0.05) is 26.7 Å². The molecule has 212 valence electrons. The maximum atomic E-state index is 13.3. The van der Waals surface area contributed by atoms with Crippen molar-refractivity contribution in [1.82, 2.24) is 15.5 Å². The van der Waals surface area contributed by atoms with Crippen LogP contribution in [-0.4, -0.2) is 83.1 Å². The van der Waals surface area contributed by atoms with Crippen molar-refractivity contribution in [2.24, 2.45) is 5.92 Å². The van der Waals surface area contributed by atoms with Crippen molar-refractivity contribution in [2.75, 3.05) is 13.6 Å². The van der Waals surface area contributed by atoms with E-state index < -0.39 is 29.2 Å². The van der Waals surface area contributed by atoms with Crippen LogP contribution in [0.3, 0.4) is 0 Å². The molecule has 2 rings (SSSR count). The van der Waals surface area contributed by atoms with E-state index >= 15 is 0 Å². The van der Waals surface area contributed by atoms with Crippen LogP contribution < -0.4 is 10.6 Å². The molecule has 2 aliphatic heterocycles. The summed E-state index contributed by atoms with van der Waals surface area (Å²) in [7, 11) is 1.36. The van der Waals surface area contributed by atoms with Crippen molar-refractivity contribution in [2.45, 2.75) is 129 Å². The van der Waals surface area contributed by atoms with E-state index in [1.165, 1.54) is 0 Å². The molecule has 11 heteroatoms. The minimum absolute atomic E-state index is 0.170. The van der Waals surface area contributed by atoms with Crippen molar-refractivity contribution in [3.63, 3.8) is 0 Å². The molecule has 2 aliphatic rings. The van der Waals surface area contributed by atoms with Crippen LogP contribution in [0.15, 0.2) is 0 Å². The highest BCUT2D eigenvalue weighted by molar-refractivity contribution is 6.45. The fraction of sp³-hybridized carbons (Fsp3) is 0.885. The number of carboxylic acid groups (broad SMARTS) is 1. The number of ether oxygens (including phenoxy) is 1. The van der Waals surface area contributed by atoms with Gasteiger partial charge in [-0.15, -0.1) is 0 Å². The van der Waals surface area contributed by atoms with E-state index in [0.717, 1.165) is 6.42 Å². The molecule has 2 amide bonds. The maximum Gasteiger partial charge on any atom is 0.457 e. The highest BCUT2D eigenvalue weighted by Crippen LogP contribution is 2.38. The lowest BCUT2D eigenvalue weighted by molar-refractivity contribution is -0.145. The number of amides is 2. The van der Waals surface area contributed by atoms with Gasteiger partial charge >= 0.3 is 19.2 Å². The molecule has 0 aromatic carbocycles. The highest BCUT2D eigenvalue weighted by atomic mass is 16.7. The number of carbonyl (C=O) groups is 3. The number of likely N-dealkylation sites (N-methyl/N-ethyl adjacent to an activating group) is 1. The molecular weight excluding hydrogens is 477 g/mol. The third-order valence-corrected chi connectivity index (χ3v) is 7.77. The molecule has 0 radical (unpaired) electrons. The number of carbonyl (C=O) groups excluding carboxylic acids is 2. The van der Waals surface area contributed by atoms with E-state index in [1.807, 2.05) is 41.5 Å². The van der Waals surface area contributed by atoms with Crippen molar-refractivity contribution >= 4 is 25.1 Å². The van der Waals surface area contributed by atoms with Gasteiger partial charge in [0.15, 0.2) is 0 Å². The number of hydrogen-bond acceptors (Lipinski definition) is 7. The number of unbranched alkanes of at least 4 members (excludes halogenated alkanes) is 1. The van der Waals surface area contributed by atoms with Gasteiger partial charge in [0.2, 0.25) is 5.91 Å². The fourth-order valence-electron chi connectivity index (χ4n) is 4.76. The molecule has 37 heavy (non-hydrogen) atoms. The molecule has 2 heterocycles. The predicted octanol–water partition coefficient (Wildman–Crippen LogP) is 3.44. The normalized spacial score (nSPS) is 25.7. The van der Waals surface area contributed by atoms with Gasteiger partial charge in [-0.2, -0.15) is 0 Å². The molecule has 0 unspecified atom stereocenters. The van der Waals surface area contributed by atoms with Crippen LogP contribution in [0.25, 0.3) is 0 Å². The Balaban J connectivity index is 1.95. The van der Waals surface area contributed by atoms with E-state index in [9.17, 15) is 19.5 Å². The molecule has 0 aromatic rings. The molecule has 0 aromatic heterocycles. The Kier molecular flexibility index (Phi) is 9.75. The Morgan fingerprint density at radius 1 is 1.14 bits per heavy atom. The summed E-state index contributed by atoms with van der Waals surface area (Å²) in [6, 6.07) is -1.09. The molecule has 3 atom stereocenters. The second kappa shape index (κ2) is 11.5. The average Bonchev–Trinajstić information content (AvgIpc) is 3.25. The third-order valence-electron chi connectivity index (χ3n) is 7.77. The van der Waals surface area contributed by atoms with Gasteiger partial charge in [0.1, 0.15) is 17.2 Å². The molecule has 0 spiro atoms. The van der Waals surface area contributed by atoms with E-state index in [-0.39, 0.29) is 42.6 Å². The molecular formula is C26H48BN3O7. The monoisotopic (exact) mass is 525 g/mol. The first-order valence-corrected chi connectivity index (χ1v) is 13.4. The molecule has 2 saturated heterocycles. The van der Waals surface area contributed by atoms with Crippen molar-refractivity contribution in [3.8, 4) is 0 Å². The molecule has 0 aliphatic carbocycles. The van der Waals surface area contributed by atoms with Crippen LogP contribution in [0.2, 0.25) is 6.32 Å². The molecule has 3 N–H and O–H groups in total. The first-order valence-electron chi connectivity index (χ1n) is 13.4. The standard InChI is InChI=1S/C26H48BN3O7/c1-17(2)19(29-22(34)35-23(3,4)5)20(31)30(10)18-15-26(21(32)33,28-16-18)13-11-12-14-27-36-24(6,7)25(8,9)37-27/h17-19,28H,11-16H2,1-10H3,(H,29,34)(H,32,33)/t18-,19+,26-/m1/s1. The lowest BCUT2D eigenvalue weighted by Crippen LogP contribution is -2.53. The topological polar surface area (TPSA) is 126 Å². The maximum absolute atomic E-state index is 13.3. The number of carboxylic acids is 1. The SMILES string of the molecule is CC(C)[C@H](NC(=O)OC(C)(C)C)C(=O)N(C)[C@H]1CN[C@@](CCCCB2OC(C)(C)C(C)(C)O2)(C(=O)O)C1. The van der Waals surface area contributed by atoms with E-state index in [0.29, 0.717) is 25.7 Å². The van der Waals surface area contributed by atoms with Gasteiger partial charge in [0.05, 0.1) is 11.2 Å². The number of alkyl carbamates (subject to hydrolysis) is 1. The Morgan fingerprint density at radius 2 is 1.70 bits per heavy atom. The number of nitrogens with zero attached hydrogens (tertiary/aromatic N) is 1. The third kappa shape index (κ3) is 7.83. The van der Waals surface area contributed by atoms with Crippen molar-refractivity contribution in [3.05, 3.63) is 0 Å². The second-order valence-corrected chi connectivity index (χ2v) is 12.9. The minimum atomic E-state index is -1.11. The summed E-state index contributed by atoms with van der Waals surface area (Å²) in [5, 5.41) is 16.0. The second-order valence-electron chi connectivity index (χ2n) is 12.9. The van der Waals surface area contributed by atoms with Gasteiger partial charge in [-0.25, -0.2) is 4.79 Å². The lowest BCUT2D eigenvalue weighted by atomic mass is 9.80. The van der Waals surface area contributed by atoms with Crippen LogP contribution in [0.5, 0.6) is 0 Å². The van der Waals surface area contributed by atoms with Crippen LogP contribution in [-0.2, 0) is 23.6 Å². The summed E-state index contributed by atoms with van der Waals surface area (Å²) in [6.45, 7) is 17.4. The molecule has 10 nitrogen and oxygen atoms in total. The van der Waals surface area contributed by atoms with Gasteiger partial charge in [0, 0.05) is 19.6 Å². The van der Waals surface area contributed by atoms with E-state index in [2.05, 4.69) is 10.6 Å². The van der Waals surface area contributed by atoms with Crippen LogP contribution in [0, 0.1) is 5.92 Å². The molecule has 0 saturated carbocycles. The molecule has 0 bridgehead atoms. The van der Waals surface area contributed by atoms with Crippen molar-refractivity contribution < 1.29 is 33.5 Å². The van der Waals surface area contributed by atoms with E-state index in [4.69, 9.17) is 14.0 Å². The largest absolute Gasteiger partial charge is 0.480 e. The zero-order valence-electron chi connectivity index (χ0n) is 24.4. The number of aliphatic carboxylic acids is 1. The Morgan fingerprint density at radius 3 is 2.19 bits per heavy atom. The zero-order valence-corrected chi connectivity index (χ0v) is 24.4. The Bertz CT molecular complexity index is 827. The van der Waals surface area contributed by atoms with E-state index in [1.54, 1.807) is 32.7 Å². The summed E-state index contributed by atoms with van der Waals surface area (Å²) < 4.78 is 17.4. The summed E-state index contributed by atoms with van der Waals surface area (Å²) in [6.07, 6.45) is 2.21. The minimum Gasteiger partial charge on any atom is -0.480 e. The summed E-state index contributed by atoms with van der Waals surface area (Å²) in [5.74, 6) is -1.36. The summed E-state index contributed by atoms with van der Waals surface area (Å²) in [5.41, 5.74) is -2.56. The summed E-state index contributed by atoms with van der Waals surface area (Å²) in [4.78, 5) is 39.5. The fourth-order valence-corrected chi connectivity index (χ4v) is 4.76. The Labute approximate surface area is 222 Å². The van der Waals surface area contributed by atoms with Gasteiger partial charge in [0.25, 0.3) is 0 Å². The summed E-state index contributed by atoms with van der Waals surface area (Å²) >= 11 is 0. The quantitative estimate of drug-likeness (QED) is 0.293. The molecule has 2 fully saturated rings. The van der Waals surface area contributed by atoms with Gasteiger partial charge in [-0.3, -0.25) is 14.9 Å². The smallest absolute Gasteiger partial charge is 0.457 e. The first-order chi connectivity index (χ1) is 16.8. The Hall–Kier alpha value is -1.85. The van der Waals surface area contributed by atoms with Crippen LogP contribution in [0.4, 0.5) is 4.79 Å². The zero-order chi connectivity index (χ0) is 28.4. The highest BCUT2D eigenvalue weighted by Gasteiger charge is 2.51. The first kappa shape index (κ1) is 31.4. The van der Waals surface area contributed by atoms with Crippen LogP contribution in [0.1, 0.15) is 88.0 Å². The number of rotatable bonds is 10. The number of nitrogens with one attached hydrogen (secondary N) is 2. The van der Waals surface area contributed by atoms with Crippen molar-refractivity contribution in [1.29, 1.82) is 0 Å². The lowest BCUT2D eigenvalue weighted by Gasteiger charge is -2.32. The predicted molar refractivity (Wildman–Crippen MR) is 142 cm³/mol. The van der Waals surface area contributed by atoms with Gasteiger partial charge < -0.3 is 29.4 Å². The average molecular weight is 525 g/mol. The van der Waals surface area contributed by atoms with Gasteiger partial charge in [-0.05, 0) is 73.5 Å².